The summed E-state index contributed by atoms with van der Waals surface area (Å²) in [5.74, 6) is -0.0401. The topological polar surface area (TPSA) is 66.7 Å². The molecule has 0 saturated carbocycles. The predicted molar refractivity (Wildman–Crippen MR) is 173 cm³/mol. The van der Waals surface area contributed by atoms with Crippen molar-refractivity contribution in [3.63, 3.8) is 0 Å². The van der Waals surface area contributed by atoms with E-state index in [9.17, 15) is 9.59 Å². The molecule has 6 nitrogen and oxygen atoms in total. The van der Waals surface area contributed by atoms with Crippen molar-refractivity contribution in [2.75, 3.05) is 13.1 Å². The second kappa shape index (κ2) is 14.1. The van der Waals surface area contributed by atoms with Crippen LogP contribution in [0.4, 0.5) is 0 Å². The Balaban J connectivity index is 1.53. The van der Waals surface area contributed by atoms with Crippen molar-refractivity contribution >= 4 is 11.6 Å². The Morgan fingerprint density at radius 2 is 1.51 bits per heavy atom. The van der Waals surface area contributed by atoms with Crippen molar-refractivity contribution in [2.45, 2.75) is 46.2 Å². The van der Waals surface area contributed by atoms with E-state index in [1.54, 1.807) is 10.6 Å². The van der Waals surface area contributed by atoms with Gasteiger partial charge in [0.05, 0.1) is 11.7 Å². The zero-order valence-electron chi connectivity index (χ0n) is 25.2. The highest BCUT2D eigenvalue weighted by Crippen LogP contribution is 2.32. The molecule has 1 amide bonds. The van der Waals surface area contributed by atoms with Gasteiger partial charge < -0.3 is 10.2 Å². The largest absolute Gasteiger partial charge is 0.330 e. The number of hydrogen-bond acceptors (Lipinski definition) is 4. The van der Waals surface area contributed by atoms with Gasteiger partial charge in [0, 0.05) is 36.8 Å². The van der Waals surface area contributed by atoms with Crippen molar-refractivity contribution in [1.82, 2.24) is 19.6 Å². The van der Waals surface area contributed by atoms with Crippen LogP contribution in [-0.4, -0.2) is 33.3 Å². The van der Waals surface area contributed by atoms with E-state index in [-0.39, 0.29) is 23.4 Å². The van der Waals surface area contributed by atoms with Crippen molar-refractivity contribution in [1.29, 1.82) is 0 Å². The molecule has 0 radical (unpaired) electrons. The lowest BCUT2D eigenvalue weighted by molar-refractivity contribution is 0.0612. The molecule has 5 aromatic rings. The summed E-state index contributed by atoms with van der Waals surface area (Å²) in [5.41, 5.74) is 5.77. The average Bonchev–Trinajstić information content (AvgIpc) is 3.03. The quantitative estimate of drug-likeness (QED) is 0.171. The number of nitrogens with zero attached hydrogens (tertiary/aromatic N) is 3. The summed E-state index contributed by atoms with van der Waals surface area (Å²) in [6, 6.07) is 33.2. The van der Waals surface area contributed by atoms with Gasteiger partial charge in [-0.2, -0.15) is 0 Å². The lowest BCUT2D eigenvalue weighted by atomic mass is 9.92. The maximum Gasteiger partial charge on any atom is 0.261 e. The van der Waals surface area contributed by atoms with Gasteiger partial charge in [-0.3, -0.25) is 14.0 Å². The number of nitrogens with one attached hydrogen (secondary N) is 1. The van der Waals surface area contributed by atoms with E-state index < -0.39 is 0 Å². The molecule has 0 aliphatic heterocycles. The lowest BCUT2D eigenvalue weighted by Gasteiger charge is -2.35. The number of amides is 1. The van der Waals surface area contributed by atoms with Gasteiger partial charge in [0.2, 0.25) is 0 Å². The zero-order chi connectivity index (χ0) is 30.2. The fraction of sp³-hybridized carbons (Fsp3) is 0.270. The third-order valence-electron chi connectivity index (χ3n) is 7.81. The Morgan fingerprint density at radius 1 is 0.860 bits per heavy atom. The first-order chi connectivity index (χ1) is 20.9. The van der Waals surface area contributed by atoms with E-state index in [0.717, 1.165) is 30.6 Å². The molecule has 0 bridgehead atoms. The van der Waals surface area contributed by atoms with E-state index in [1.807, 2.05) is 103 Å². The number of aromatic nitrogens is 2. The number of aryl methyl sites for hydroxylation is 1. The summed E-state index contributed by atoms with van der Waals surface area (Å²) in [5, 5.41) is 3.52. The van der Waals surface area contributed by atoms with Gasteiger partial charge in [0.1, 0.15) is 5.65 Å². The maximum absolute atomic E-state index is 14.3. The fourth-order valence-electron chi connectivity index (χ4n) is 5.61. The number of benzene rings is 3. The molecule has 43 heavy (non-hydrogen) atoms. The van der Waals surface area contributed by atoms with Crippen LogP contribution in [0.5, 0.6) is 0 Å². The van der Waals surface area contributed by atoms with Gasteiger partial charge in [-0.15, -0.1) is 0 Å². The Labute approximate surface area is 254 Å². The van der Waals surface area contributed by atoms with Gasteiger partial charge in [-0.1, -0.05) is 98.3 Å². The fourth-order valence-corrected chi connectivity index (χ4v) is 5.61. The van der Waals surface area contributed by atoms with Gasteiger partial charge in [-0.25, -0.2) is 4.98 Å². The number of fused-ring (bicyclic) bond motifs is 1. The Bertz CT molecular complexity index is 1700. The first-order valence-electron chi connectivity index (χ1n) is 15.1. The molecule has 220 valence electrons. The first-order valence-corrected chi connectivity index (χ1v) is 15.1. The summed E-state index contributed by atoms with van der Waals surface area (Å²) in [4.78, 5) is 35.3. The highest BCUT2D eigenvalue weighted by atomic mass is 16.2. The number of carbonyl (C=O) groups excluding carboxylic acids is 1. The van der Waals surface area contributed by atoms with E-state index in [1.165, 1.54) is 5.56 Å². The molecule has 0 spiro atoms. The average molecular weight is 573 g/mol. The van der Waals surface area contributed by atoms with E-state index in [4.69, 9.17) is 4.98 Å². The molecule has 2 aromatic heterocycles. The van der Waals surface area contributed by atoms with E-state index in [0.29, 0.717) is 35.4 Å². The molecule has 3 aromatic carbocycles. The minimum atomic E-state index is -0.389. The molecule has 6 heteroatoms. The summed E-state index contributed by atoms with van der Waals surface area (Å²) in [6.07, 6.45) is 2.96. The van der Waals surface area contributed by atoms with Crippen LogP contribution in [-0.2, 0) is 13.0 Å². The Morgan fingerprint density at radius 3 is 2.19 bits per heavy atom. The second-order valence-electron chi connectivity index (χ2n) is 11.4. The van der Waals surface area contributed by atoms with Crippen molar-refractivity contribution in [3.8, 4) is 0 Å². The number of pyridine rings is 1. The number of rotatable bonds is 12. The maximum atomic E-state index is 14.3. The van der Waals surface area contributed by atoms with Crippen LogP contribution in [0.25, 0.3) is 5.65 Å². The van der Waals surface area contributed by atoms with Crippen LogP contribution in [0.3, 0.4) is 0 Å². The predicted octanol–water partition coefficient (Wildman–Crippen LogP) is 6.61. The highest BCUT2D eigenvalue weighted by molar-refractivity contribution is 5.94. The first kappa shape index (κ1) is 29.9. The third-order valence-corrected chi connectivity index (χ3v) is 7.81. The summed E-state index contributed by atoms with van der Waals surface area (Å²) < 4.78 is 1.61. The van der Waals surface area contributed by atoms with Crippen LogP contribution in [0.2, 0.25) is 0 Å². The molecule has 0 aliphatic carbocycles. The van der Waals surface area contributed by atoms with Crippen LogP contribution in [0.1, 0.15) is 64.6 Å². The molecule has 1 N–H and O–H groups in total. The van der Waals surface area contributed by atoms with Gasteiger partial charge in [0.15, 0.2) is 0 Å². The van der Waals surface area contributed by atoms with Crippen LogP contribution in [0.15, 0.2) is 114 Å². The molecular weight excluding hydrogens is 532 g/mol. The monoisotopic (exact) mass is 572 g/mol. The standard InChI is InChI=1S/C37H40N4O2/c1-27(2)35(34-32(25-29-13-6-4-7-14-29)37(43)40-23-11-10-17-33(40)39-34)41(36(42)31-20-18-28(3)19-21-31)24-12-22-38-26-30-15-8-5-9-16-30/h4-11,13-21,23,27,35,38H,12,22,24-26H2,1-3H3. The molecule has 0 aliphatic rings. The van der Waals surface area contributed by atoms with Crippen molar-refractivity contribution in [3.05, 3.63) is 153 Å². The Kier molecular flexibility index (Phi) is 9.80. The zero-order valence-corrected chi connectivity index (χ0v) is 25.2. The van der Waals surface area contributed by atoms with Crippen molar-refractivity contribution in [2.24, 2.45) is 5.92 Å². The Hall–Kier alpha value is -4.55. The lowest BCUT2D eigenvalue weighted by Crippen LogP contribution is -2.41. The van der Waals surface area contributed by atoms with Gasteiger partial charge >= 0.3 is 0 Å². The summed E-state index contributed by atoms with van der Waals surface area (Å²) in [7, 11) is 0. The van der Waals surface area contributed by atoms with E-state index >= 15 is 0 Å². The molecule has 5 rings (SSSR count). The smallest absolute Gasteiger partial charge is 0.261 e. The van der Waals surface area contributed by atoms with Crippen LogP contribution in [0, 0.1) is 12.8 Å². The van der Waals surface area contributed by atoms with Crippen LogP contribution >= 0.6 is 0 Å². The summed E-state index contributed by atoms with van der Waals surface area (Å²) in [6.45, 7) is 8.28. The minimum absolute atomic E-state index is 0.0132. The third kappa shape index (κ3) is 7.27. The molecule has 1 atom stereocenters. The minimum Gasteiger partial charge on any atom is -0.330 e. The normalized spacial score (nSPS) is 12.0. The van der Waals surface area contributed by atoms with Gasteiger partial charge in [0.25, 0.3) is 11.5 Å². The molecule has 0 fully saturated rings. The van der Waals surface area contributed by atoms with Crippen LogP contribution < -0.4 is 10.9 Å². The second-order valence-corrected chi connectivity index (χ2v) is 11.4. The molecule has 0 saturated heterocycles. The van der Waals surface area contributed by atoms with Gasteiger partial charge in [-0.05, 0) is 61.2 Å². The SMILES string of the molecule is Cc1ccc(C(=O)N(CCCNCc2ccccc2)C(c2nc3ccccn3c(=O)c2Cc2ccccc2)C(C)C)cc1. The number of hydrogen-bond donors (Lipinski definition) is 1. The molecule has 2 heterocycles. The highest BCUT2D eigenvalue weighted by Gasteiger charge is 2.33. The molecule has 1 unspecified atom stereocenters. The van der Waals surface area contributed by atoms with E-state index in [2.05, 4.69) is 31.3 Å². The number of carbonyl (C=O) groups is 1. The summed E-state index contributed by atoms with van der Waals surface area (Å²) >= 11 is 0. The van der Waals surface area contributed by atoms with Crippen molar-refractivity contribution < 1.29 is 4.79 Å². The molecular formula is C37H40N4O2.